The maximum absolute atomic E-state index is 12.5. The molecule has 0 saturated heterocycles. The SMILES string of the molecule is C=C(C)C(=O)OCC(F)(F)OCC. The van der Waals surface area contributed by atoms with Crippen LogP contribution in [0, 0.1) is 0 Å². The van der Waals surface area contributed by atoms with Crippen molar-refractivity contribution in [1.82, 2.24) is 0 Å². The van der Waals surface area contributed by atoms with Gasteiger partial charge >= 0.3 is 12.1 Å². The van der Waals surface area contributed by atoms with Crippen molar-refractivity contribution in [3.8, 4) is 0 Å². The van der Waals surface area contributed by atoms with Gasteiger partial charge in [-0.05, 0) is 13.8 Å². The van der Waals surface area contributed by atoms with Crippen LogP contribution in [0.5, 0.6) is 0 Å². The highest BCUT2D eigenvalue weighted by Gasteiger charge is 2.31. The average molecular weight is 194 g/mol. The summed E-state index contributed by atoms with van der Waals surface area (Å²) in [6, 6.07) is 0. The number of rotatable bonds is 5. The Hall–Kier alpha value is -0.970. The van der Waals surface area contributed by atoms with Gasteiger partial charge in [0.2, 0.25) is 0 Å². The highest BCUT2D eigenvalue weighted by atomic mass is 19.3. The summed E-state index contributed by atoms with van der Waals surface area (Å²) in [6.45, 7) is 4.82. The largest absolute Gasteiger partial charge is 0.453 e. The summed E-state index contributed by atoms with van der Waals surface area (Å²) in [5.41, 5.74) is 0.0762. The minimum Gasteiger partial charge on any atom is -0.453 e. The molecule has 0 bridgehead atoms. The lowest BCUT2D eigenvalue weighted by Gasteiger charge is -2.15. The molecule has 5 heteroatoms. The molecule has 0 saturated carbocycles. The molecular formula is C8H12F2O3. The standard InChI is InChI=1S/C8H12F2O3/c1-4-13-8(9,10)5-12-7(11)6(2)3/h2,4-5H2,1,3H3. The molecule has 0 spiro atoms. The van der Waals surface area contributed by atoms with Gasteiger partial charge in [-0.15, -0.1) is 0 Å². The van der Waals surface area contributed by atoms with Crippen molar-refractivity contribution >= 4 is 5.97 Å². The predicted octanol–water partition coefficient (Wildman–Crippen LogP) is 1.74. The lowest BCUT2D eigenvalue weighted by molar-refractivity contribution is -0.258. The molecule has 0 aliphatic rings. The van der Waals surface area contributed by atoms with Crippen LogP contribution in [-0.2, 0) is 14.3 Å². The van der Waals surface area contributed by atoms with Gasteiger partial charge in [-0.1, -0.05) is 6.58 Å². The molecule has 0 amide bonds. The number of esters is 1. The van der Waals surface area contributed by atoms with Crippen molar-refractivity contribution < 1.29 is 23.0 Å². The Kier molecular flexibility index (Phi) is 4.55. The quantitative estimate of drug-likeness (QED) is 0.494. The van der Waals surface area contributed by atoms with Crippen LogP contribution in [0.4, 0.5) is 8.78 Å². The van der Waals surface area contributed by atoms with E-state index in [0.29, 0.717) is 0 Å². The Morgan fingerprint density at radius 1 is 1.54 bits per heavy atom. The number of carbonyl (C=O) groups excluding carboxylic acids is 1. The third kappa shape index (κ3) is 5.30. The maximum Gasteiger partial charge on any atom is 0.389 e. The highest BCUT2D eigenvalue weighted by Crippen LogP contribution is 2.15. The summed E-state index contributed by atoms with van der Waals surface area (Å²) in [7, 11) is 0. The van der Waals surface area contributed by atoms with E-state index in [4.69, 9.17) is 0 Å². The number of hydrogen-bond acceptors (Lipinski definition) is 3. The van der Waals surface area contributed by atoms with E-state index in [1.165, 1.54) is 13.8 Å². The minimum atomic E-state index is -3.42. The van der Waals surface area contributed by atoms with E-state index < -0.39 is 18.7 Å². The van der Waals surface area contributed by atoms with Crippen LogP contribution in [0.15, 0.2) is 12.2 Å². The van der Waals surface area contributed by atoms with Gasteiger partial charge < -0.3 is 9.47 Å². The molecule has 0 unspecified atom stereocenters. The molecule has 13 heavy (non-hydrogen) atoms. The zero-order valence-electron chi connectivity index (χ0n) is 7.60. The summed E-state index contributed by atoms with van der Waals surface area (Å²) in [4.78, 5) is 10.7. The predicted molar refractivity (Wildman–Crippen MR) is 42.3 cm³/mol. The summed E-state index contributed by atoms with van der Waals surface area (Å²) in [5, 5.41) is 0. The molecule has 0 aliphatic carbocycles. The summed E-state index contributed by atoms with van der Waals surface area (Å²) >= 11 is 0. The van der Waals surface area contributed by atoms with Crippen LogP contribution in [0.2, 0.25) is 0 Å². The second-order valence-corrected chi connectivity index (χ2v) is 2.43. The number of alkyl halides is 2. The van der Waals surface area contributed by atoms with Gasteiger partial charge in [-0.2, -0.15) is 8.78 Å². The normalized spacial score (nSPS) is 11.1. The monoisotopic (exact) mass is 194 g/mol. The Morgan fingerprint density at radius 2 is 2.08 bits per heavy atom. The second-order valence-electron chi connectivity index (χ2n) is 2.43. The molecule has 0 heterocycles. The first-order chi connectivity index (χ1) is 5.89. The smallest absolute Gasteiger partial charge is 0.389 e. The fraction of sp³-hybridized carbons (Fsp3) is 0.625. The molecule has 0 aromatic rings. The molecule has 3 nitrogen and oxygen atoms in total. The van der Waals surface area contributed by atoms with Crippen LogP contribution in [-0.4, -0.2) is 25.3 Å². The number of hydrogen-bond donors (Lipinski definition) is 0. The van der Waals surface area contributed by atoms with Gasteiger partial charge in [0, 0.05) is 5.57 Å². The Morgan fingerprint density at radius 3 is 2.46 bits per heavy atom. The lowest BCUT2D eigenvalue weighted by atomic mass is 10.4. The van der Waals surface area contributed by atoms with Crippen molar-refractivity contribution in [3.63, 3.8) is 0 Å². The van der Waals surface area contributed by atoms with Crippen LogP contribution in [0.25, 0.3) is 0 Å². The highest BCUT2D eigenvalue weighted by molar-refractivity contribution is 5.86. The number of halogens is 2. The van der Waals surface area contributed by atoms with Gasteiger partial charge in [0.25, 0.3) is 0 Å². The van der Waals surface area contributed by atoms with E-state index in [1.54, 1.807) is 0 Å². The molecule has 0 aliphatic heterocycles. The van der Waals surface area contributed by atoms with E-state index in [9.17, 15) is 13.6 Å². The second kappa shape index (κ2) is 4.91. The summed E-state index contributed by atoms with van der Waals surface area (Å²) in [5.74, 6) is -0.848. The van der Waals surface area contributed by atoms with Crippen molar-refractivity contribution in [2.45, 2.75) is 20.0 Å². The topological polar surface area (TPSA) is 35.5 Å². The maximum atomic E-state index is 12.5. The number of ether oxygens (including phenoxy) is 2. The van der Waals surface area contributed by atoms with E-state index >= 15 is 0 Å². The van der Waals surface area contributed by atoms with Gasteiger partial charge in [0.05, 0.1) is 6.61 Å². The molecular weight excluding hydrogens is 182 g/mol. The van der Waals surface area contributed by atoms with Crippen molar-refractivity contribution in [3.05, 3.63) is 12.2 Å². The summed E-state index contributed by atoms with van der Waals surface area (Å²) in [6.07, 6.45) is -3.42. The zero-order chi connectivity index (χ0) is 10.5. The van der Waals surface area contributed by atoms with E-state index in [2.05, 4.69) is 16.1 Å². The fourth-order valence-corrected chi connectivity index (χ4v) is 0.526. The number of carbonyl (C=O) groups is 1. The Balaban J connectivity index is 3.87. The lowest BCUT2D eigenvalue weighted by Crippen LogP contribution is -2.29. The van der Waals surface area contributed by atoms with Crippen LogP contribution < -0.4 is 0 Å². The van der Waals surface area contributed by atoms with Crippen LogP contribution >= 0.6 is 0 Å². The van der Waals surface area contributed by atoms with Gasteiger partial charge in [0.1, 0.15) is 0 Å². The van der Waals surface area contributed by atoms with Gasteiger partial charge in [-0.25, -0.2) is 4.79 Å². The molecule has 76 valence electrons. The molecule has 0 radical (unpaired) electrons. The van der Waals surface area contributed by atoms with Crippen LogP contribution in [0.1, 0.15) is 13.8 Å². The molecule has 0 atom stereocenters. The third-order valence-electron chi connectivity index (χ3n) is 1.08. The van der Waals surface area contributed by atoms with Gasteiger partial charge in [0.15, 0.2) is 6.61 Å². The van der Waals surface area contributed by atoms with E-state index in [-0.39, 0.29) is 12.2 Å². The molecule has 0 aromatic heterocycles. The molecule has 0 rings (SSSR count). The van der Waals surface area contributed by atoms with Crippen molar-refractivity contribution in [1.29, 1.82) is 0 Å². The average Bonchev–Trinajstić information content (AvgIpc) is 2.00. The van der Waals surface area contributed by atoms with Crippen molar-refractivity contribution in [2.75, 3.05) is 13.2 Å². The van der Waals surface area contributed by atoms with Gasteiger partial charge in [-0.3, -0.25) is 0 Å². The minimum absolute atomic E-state index is 0.0762. The van der Waals surface area contributed by atoms with E-state index in [0.717, 1.165) is 0 Å². The van der Waals surface area contributed by atoms with Crippen molar-refractivity contribution in [2.24, 2.45) is 0 Å². The first-order valence-electron chi connectivity index (χ1n) is 3.73. The Labute approximate surface area is 75.3 Å². The molecule has 0 fully saturated rings. The fourth-order valence-electron chi connectivity index (χ4n) is 0.526. The molecule has 0 N–H and O–H groups in total. The summed E-state index contributed by atoms with van der Waals surface area (Å²) < 4.78 is 33.3. The molecule has 0 aromatic carbocycles. The third-order valence-corrected chi connectivity index (χ3v) is 1.08. The first-order valence-corrected chi connectivity index (χ1v) is 3.73. The van der Waals surface area contributed by atoms with E-state index in [1.807, 2.05) is 0 Å². The first kappa shape index (κ1) is 12.0. The zero-order valence-corrected chi connectivity index (χ0v) is 7.60. The Bertz CT molecular complexity index is 202. The van der Waals surface area contributed by atoms with Crippen LogP contribution in [0.3, 0.4) is 0 Å².